The Morgan fingerprint density at radius 1 is 1.24 bits per heavy atom. The monoisotopic (exact) mass is 298 g/mol. The number of carbonyl (C=O) groups is 2. The van der Waals surface area contributed by atoms with Crippen molar-refractivity contribution in [2.45, 2.75) is 13.3 Å². The molecule has 0 aromatic rings. The maximum atomic E-state index is 12.8. The first kappa shape index (κ1) is 16.0. The third kappa shape index (κ3) is 3.47. The standard InChI is InChI=1S/C14H26N4O3/c1-3-16-13(20)18-8-6-17(7-9-18)12(19)14(11-21-2)4-5-15-10-14/h15H,3-11H2,1-2H3,(H,16,20). The molecule has 0 aromatic carbocycles. The van der Waals surface area contributed by atoms with Crippen LogP contribution in [0.25, 0.3) is 0 Å². The highest BCUT2D eigenvalue weighted by Crippen LogP contribution is 2.29. The van der Waals surface area contributed by atoms with Crippen molar-refractivity contribution < 1.29 is 14.3 Å². The first-order valence-electron chi connectivity index (χ1n) is 7.65. The number of nitrogens with one attached hydrogen (secondary N) is 2. The zero-order valence-electron chi connectivity index (χ0n) is 13.0. The number of piperazine rings is 1. The largest absolute Gasteiger partial charge is 0.384 e. The summed E-state index contributed by atoms with van der Waals surface area (Å²) in [5.74, 6) is 0.157. The molecule has 0 saturated carbocycles. The summed E-state index contributed by atoms with van der Waals surface area (Å²) in [4.78, 5) is 28.2. The Kier molecular flexibility index (Phi) is 5.41. The van der Waals surface area contributed by atoms with Crippen molar-refractivity contribution in [3.63, 3.8) is 0 Å². The van der Waals surface area contributed by atoms with E-state index in [1.165, 1.54) is 0 Å². The number of ether oxygens (including phenoxy) is 1. The van der Waals surface area contributed by atoms with E-state index in [2.05, 4.69) is 10.6 Å². The van der Waals surface area contributed by atoms with Gasteiger partial charge in [-0.3, -0.25) is 4.79 Å². The van der Waals surface area contributed by atoms with Crippen LogP contribution in [0.1, 0.15) is 13.3 Å². The second kappa shape index (κ2) is 7.09. The lowest BCUT2D eigenvalue weighted by Gasteiger charge is -2.39. The van der Waals surface area contributed by atoms with Crippen LogP contribution in [0.4, 0.5) is 4.79 Å². The lowest BCUT2D eigenvalue weighted by atomic mass is 9.86. The maximum absolute atomic E-state index is 12.8. The lowest BCUT2D eigenvalue weighted by molar-refractivity contribution is -0.145. The Morgan fingerprint density at radius 2 is 1.90 bits per heavy atom. The van der Waals surface area contributed by atoms with Crippen LogP contribution in [0.2, 0.25) is 0 Å². The van der Waals surface area contributed by atoms with Gasteiger partial charge in [0.2, 0.25) is 5.91 Å². The molecule has 120 valence electrons. The van der Waals surface area contributed by atoms with Gasteiger partial charge in [0.15, 0.2) is 0 Å². The molecule has 2 N–H and O–H groups in total. The molecule has 0 spiro atoms. The van der Waals surface area contributed by atoms with Crippen LogP contribution in [0.3, 0.4) is 0 Å². The van der Waals surface area contributed by atoms with Gasteiger partial charge in [-0.2, -0.15) is 0 Å². The molecule has 7 heteroatoms. The number of rotatable bonds is 4. The zero-order chi connectivity index (χ0) is 15.3. The minimum absolute atomic E-state index is 0.0428. The summed E-state index contributed by atoms with van der Waals surface area (Å²) in [7, 11) is 1.64. The number of amides is 3. The molecule has 1 unspecified atom stereocenters. The van der Waals surface area contributed by atoms with Gasteiger partial charge < -0.3 is 25.2 Å². The van der Waals surface area contributed by atoms with E-state index >= 15 is 0 Å². The van der Waals surface area contributed by atoms with Gasteiger partial charge in [0.25, 0.3) is 0 Å². The summed E-state index contributed by atoms with van der Waals surface area (Å²) in [5.41, 5.74) is -0.428. The number of hydrogen-bond acceptors (Lipinski definition) is 4. The molecular formula is C14H26N4O3. The van der Waals surface area contributed by atoms with Crippen molar-refractivity contribution >= 4 is 11.9 Å². The molecule has 7 nitrogen and oxygen atoms in total. The van der Waals surface area contributed by atoms with Gasteiger partial charge in [-0.15, -0.1) is 0 Å². The molecule has 2 fully saturated rings. The minimum atomic E-state index is -0.428. The van der Waals surface area contributed by atoms with E-state index in [1.54, 1.807) is 12.0 Å². The van der Waals surface area contributed by atoms with E-state index in [4.69, 9.17) is 4.74 Å². The smallest absolute Gasteiger partial charge is 0.317 e. The molecule has 3 amide bonds. The second-order valence-corrected chi connectivity index (χ2v) is 5.75. The Bertz CT molecular complexity index is 374. The number of carbonyl (C=O) groups excluding carboxylic acids is 2. The van der Waals surface area contributed by atoms with Gasteiger partial charge in [0.05, 0.1) is 12.0 Å². The van der Waals surface area contributed by atoms with Crippen molar-refractivity contribution in [3.8, 4) is 0 Å². The summed E-state index contributed by atoms with van der Waals surface area (Å²) in [6, 6.07) is -0.0428. The van der Waals surface area contributed by atoms with Crippen LogP contribution in [0.5, 0.6) is 0 Å². The van der Waals surface area contributed by atoms with Crippen LogP contribution >= 0.6 is 0 Å². The Hall–Kier alpha value is -1.34. The second-order valence-electron chi connectivity index (χ2n) is 5.75. The average Bonchev–Trinajstić information content (AvgIpc) is 2.97. The van der Waals surface area contributed by atoms with Gasteiger partial charge in [0.1, 0.15) is 0 Å². The molecule has 2 saturated heterocycles. The highest BCUT2D eigenvalue weighted by molar-refractivity contribution is 5.84. The van der Waals surface area contributed by atoms with Gasteiger partial charge in [-0.05, 0) is 19.9 Å². The molecule has 21 heavy (non-hydrogen) atoms. The summed E-state index contributed by atoms with van der Waals surface area (Å²) < 4.78 is 5.27. The fourth-order valence-electron chi connectivity index (χ4n) is 3.10. The Balaban J connectivity index is 1.92. The van der Waals surface area contributed by atoms with Crippen molar-refractivity contribution in [2.75, 3.05) is 59.5 Å². The van der Waals surface area contributed by atoms with Crippen LogP contribution in [0.15, 0.2) is 0 Å². The molecule has 0 bridgehead atoms. The van der Waals surface area contributed by atoms with Gasteiger partial charge in [-0.25, -0.2) is 4.79 Å². The summed E-state index contributed by atoms with van der Waals surface area (Å²) in [6.07, 6.45) is 0.816. The highest BCUT2D eigenvalue weighted by Gasteiger charge is 2.44. The number of hydrogen-bond donors (Lipinski definition) is 2. The third-order valence-corrected chi connectivity index (χ3v) is 4.30. The summed E-state index contributed by atoms with van der Waals surface area (Å²) >= 11 is 0. The molecule has 2 aliphatic rings. The Morgan fingerprint density at radius 3 is 2.43 bits per heavy atom. The topological polar surface area (TPSA) is 73.9 Å². The molecule has 0 radical (unpaired) electrons. The van der Waals surface area contributed by atoms with E-state index < -0.39 is 5.41 Å². The fourth-order valence-corrected chi connectivity index (χ4v) is 3.10. The van der Waals surface area contributed by atoms with Crippen LogP contribution < -0.4 is 10.6 Å². The molecule has 0 aliphatic carbocycles. The fraction of sp³-hybridized carbons (Fsp3) is 0.857. The van der Waals surface area contributed by atoms with Crippen molar-refractivity contribution in [1.29, 1.82) is 0 Å². The molecule has 1 atom stereocenters. The van der Waals surface area contributed by atoms with Gasteiger partial charge in [-0.1, -0.05) is 0 Å². The average molecular weight is 298 g/mol. The maximum Gasteiger partial charge on any atom is 0.317 e. The first-order valence-corrected chi connectivity index (χ1v) is 7.65. The lowest BCUT2D eigenvalue weighted by Crippen LogP contribution is -2.57. The molecule has 2 aliphatic heterocycles. The van der Waals surface area contributed by atoms with E-state index in [1.807, 2.05) is 11.8 Å². The number of methoxy groups -OCH3 is 1. The van der Waals surface area contributed by atoms with E-state index in [9.17, 15) is 9.59 Å². The zero-order valence-corrected chi connectivity index (χ0v) is 13.0. The van der Waals surface area contributed by atoms with Gasteiger partial charge >= 0.3 is 6.03 Å². The molecular weight excluding hydrogens is 272 g/mol. The summed E-state index contributed by atoms with van der Waals surface area (Å²) in [5, 5.41) is 6.06. The first-order chi connectivity index (χ1) is 10.1. The van der Waals surface area contributed by atoms with E-state index in [0.717, 1.165) is 13.0 Å². The predicted octanol–water partition coefficient (Wildman–Crippen LogP) is -0.514. The highest BCUT2D eigenvalue weighted by atomic mass is 16.5. The van der Waals surface area contributed by atoms with Crippen LogP contribution in [-0.4, -0.2) is 81.3 Å². The van der Waals surface area contributed by atoms with Crippen molar-refractivity contribution in [3.05, 3.63) is 0 Å². The third-order valence-electron chi connectivity index (χ3n) is 4.30. The van der Waals surface area contributed by atoms with E-state index in [-0.39, 0.29) is 11.9 Å². The number of urea groups is 1. The predicted molar refractivity (Wildman–Crippen MR) is 79.0 cm³/mol. The normalized spacial score (nSPS) is 26.0. The Labute approximate surface area is 126 Å². The number of nitrogens with zero attached hydrogens (tertiary/aromatic N) is 2. The van der Waals surface area contributed by atoms with Gasteiger partial charge in [0, 0.05) is 46.4 Å². The molecule has 2 heterocycles. The van der Waals surface area contributed by atoms with Crippen molar-refractivity contribution in [2.24, 2.45) is 5.41 Å². The SMILES string of the molecule is CCNC(=O)N1CCN(C(=O)C2(COC)CCNC2)CC1. The van der Waals surface area contributed by atoms with Crippen LogP contribution in [0, 0.1) is 5.41 Å². The minimum Gasteiger partial charge on any atom is -0.384 e. The van der Waals surface area contributed by atoms with E-state index in [0.29, 0.717) is 45.9 Å². The summed E-state index contributed by atoms with van der Waals surface area (Å²) in [6.45, 7) is 6.89. The van der Waals surface area contributed by atoms with Crippen molar-refractivity contribution in [1.82, 2.24) is 20.4 Å². The van der Waals surface area contributed by atoms with Crippen LogP contribution in [-0.2, 0) is 9.53 Å². The molecule has 2 rings (SSSR count). The quantitative estimate of drug-likeness (QED) is 0.733. The molecule has 0 aromatic heterocycles.